The summed E-state index contributed by atoms with van der Waals surface area (Å²) in [4.78, 5) is 10.3. The van der Waals surface area contributed by atoms with Crippen molar-refractivity contribution >= 4 is 5.97 Å². The van der Waals surface area contributed by atoms with E-state index >= 15 is 0 Å². The van der Waals surface area contributed by atoms with Crippen LogP contribution in [-0.2, 0) is 4.79 Å². The van der Waals surface area contributed by atoms with Crippen molar-refractivity contribution in [2.75, 3.05) is 0 Å². The van der Waals surface area contributed by atoms with Crippen LogP contribution in [-0.4, -0.2) is 11.1 Å². The lowest BCUT2D eigenvalue weighted by Gasteiger charge is -2.00. The van der Waals surface area contributed by atoms with Gasteiger partial charge in [0.05, 0.1) is 0 Å². The molecular formula is C20H34O2. The van der Waals surface area contributed by atoms with Crippen molar-refractivity contribution in [2.45, 2.75) is 84.0 Å². The van der Waals surface area contributed by atoms with E-state index in [2.05, 4.69) is 31.2 Å². The molecule has 22 heavy (non-hydrogen) atoms. The first kappa shape index (κ1) is 20.7. The standard InChI is InChI=1S/C20H34O2/c1-2-3-4-5-6-7-8-9-10-11-12-13-14-15-16-17-18-19-20(21)22/h3-4,14-15,18-19H,2,5-13,16-17H2,1H3,(H,21,22). The normalized spacial score (nSPS) is 12.0. The quantitative estimate of drug-likeness (QED) is 0.215. The van der Waals surface area contributed by atoms with E-state index in [4.69, 9.17) is 5.11 Å². The summed E-state index contributed by atoms with van der Waals surface area (Å²) >= 11 is 0. The van der Waals surface area contributed by atoms with Crippen molar-refractivity contribution in [3.63, 3.8) is 0 Å². The Kier molecular flexibility index (Phi) is 16.7. The molecule has 0 aliphatic heterocycles. The molecule has 0 saturated heterocycles. The van der Waals surface area contributed by atoms with Crippen LogP contribution < -0.4 is 0 Å². The molecule has 0 aromatic rings. The molecule has 0 aromatic heterocycles. The third-order valence-corrected chi connectivity index (χ3v) is 3.57. The Morgan fingerprint density at radius 3 is 1.68 bits per heavy atom. The van der Waals surface area contributed by atoms with Gasteiger partial charge in [-0.15, -0.1) is 0 Å². The van der Waals surface area contributed by atoms with Gasteiger partial charge in [-0.3, -0.25) is 0 Å². The highest BCUT2D eigenvalue weighted by molar-refractivity contribution is 5.79. The maximum atomic E-state index is 10.3. The molecule has 0 bridgehead atoms. The molecule has 0 fully saturated rings. The number of allylic oxidation sites excluding steroid dienone is 5. The van der Waals surface area contributed by atoms with Gasteiger partial charge in [0, 0.05) is 6.08 Å². The van der Waals surface area contributed by atoms with E-state index in [0.717, 1.165) is 25.7 Å². The molecule has 2 nitrogen and oxygen atoms in total. The summed E-state index contributed by atoms with van der Waals surface area (Å²) in [5.41, 5.74) is 0. The van der Waals surface area contributed by atoms with Gasteiger partial charge in [-0.25, -0.2) is 4.79 Å². The largest absolute Gasteiger partial charge is 0.478 e. The monoisotopic (exact) mass is 306 g/mol. The second kappa shape index (κ2) is 17.7. The highest BCUT2D eigenvalue weighted by Crippen LogP contribution is 2.10. The Labute approximate surface area is 137 Å². The number of rotatable bonds is 15. The van der Waals surface area contributed by atoms with Crippen molar-refractivity contribution < 1.29 is 9.90 Å². The molecule has 0 aromatic carbocycles. The first-order chi connectivity index (χ1) is 10.8. The van der Waals surface area contributed by atoms with Crippen LogP contribution in [0.4, 0.5) is 0 Å². The van der Waals surface area contributed by atoms with Crippen molar-refractivity contribution in [1.82, 2.24) is 0 Å². The molecule has 0 saturated carbocycles. The summed E-state index contributed by atoms with van der Waals surface area (Å²) < 4.78 is 0. The van der Waals surface area contributed by atoms with Crippen LogP contribution in [0.15, 0.2) is 36.5 Å². The van der Waals surface area contributed by atoms with Crippen LogP contribution in [0, 0.1) is 0 Å². The fraction of sp³-hybridized carbons (Fsp3) is 0.650. The summed E-state index contributed by atoms with van der Waals surface area (Å²) in [6.07, 6.45) is 26.7. The minimum Gasteiger partial charge on any atom is -0.478 e. The lowest BCUT2D eigenvalue weighted by atomic mass is 10.1. The maximum Gasteiger partial charge on any atom is 0.327 e. The van der Waals surface area contributed by atoms with E-state index in [0.29, 0.717) is 0 Å². The number of carbonyl (C=O) groups is 1. The predicted octanol–water partition coefficient (Wildman–Crippen LogP) is 6.44. The summed E-state index contributed by atoms with van der Waals surface area (Å²) in [6, 6.07) is 0. The van der Waals surface area contributed by atoms with Crippen LogP contribution in [0.5, 0.6) is 0 Å². The number of carboxylic acids is 1. The van der Waals surface area contributed by atoms with Gasteiger partial charge in [0.25, 0.3) is 0 Å². The van der Waals surface area contributed by atoms with E-state index in [9.17, 15) is 4.79 Å². The van der Waals surface area contributed by atoms with Crippen molar-refractivity contribution in [3.05, 3.63) is 36.5 Å². The van der Waals surface area contributed by atoms with Gasteiger partial charge < -0.3 is 5.11 Å². The minimum atomic E-state index is -0.860. The second-order valence-corrected chi connectivity index (χ2v) is 5.72. The molecular weight excluding hydrogens is 272 g/mol. The third kappa shape index (κ3) is 18.7. The maximum absolute atomic E-state index is 10.3. The zero-order valence-corrected chi connectivity index (χ0v) is 14.3. The molecule has 1 N–H and O–H groups in total. The number of carboxylic acid groups (broad SMARTS) is 1. The molecule has 0 rings (SSSR count). The molecule has 0 unspecified atom stereocenters. The summed E-state index contributed by atoms with van der Waals surface area (Å²) in [7, 11) is 0. The van der Waals surface area contributed by atoms with Gasteiger partial charge in [0.2, 0.25) is 0 Å². The van der Waals surface area contributed by atoms with Gasteiger partial charge in [-0.2, -0.15) is 0 Å². The fourth-order valence-electron chi connectivity index (χ4n) is 2.31. The molecule has 0 heterocycles. The average molecular weight is 306 g/mol. The molecule has 0 aliphatic rings. The second-order valence-electron chi connectivity index (χ2n) is 5.72. The molecule has 0 amide bonds. The van der Waals surface area contributed by atoms with Crippen molar-refractivity contribution in [2.24, 2.45) is 0 Å². The first-order valence-corrected chi connectivity index (χ1v) is 8.96. The number of hydrogen-bond donors (Lipinski definition) is 1. The SMILES string of the molecule is CCC=CCCCCCCCCCC=CCCC=CC(=O)O. The summed E-state index contributed by atoms with van der Waals surface area (Å²) in [6.45, 7) is 2.18. The lowest BCUT2D eigenvalue weighted by molar-refractivity contribution is -0.131. The Morgan fingerprint density at radius 1 is 0.682 bits per heavy atom. The molecule has 126 valence electrons. The van der Waals surface area contributed by atoms with Gasteiger partial charge in [-0.05, 0) is 44.9 Å². The van der Waals surface area contributed by atoms with Crippen molar-refractivity contribution in [1.29, 1.82) is 0 Å². The minimum absolute atomic E-state index is 0.816. The summed E-state index contributed by atoms with van der Waals surface area (Å²) in [5.74, 6) is -0.860. The van der Waals surface area contributed by atoms with Gasteiger partial charge >= 0.3 is 5.97 Å². The lowest BCUT2D eigenvalue weighted by Crippen LogP contribution is -1.85. The van der Waals surface area contributed by atoms with E-state index < -0.39 is 5.97 Å². The van der Waals surface area contributed by atoms with Gasteiger partial charge in [-0.1, -0.05) is 69.4 Å². The van der Waals surface area contributed by atoms with Crippen LogP contribution in [0.25, 0.3) is 0 Å². The predicted molar refractivity (Wildman–Crippen MR) is 96.1 cm³/mol. The van der Waals surface area contributed by atoms with E-state index in [1.54, 1.807) is 6.08 Å². The zero-order chi connectivity index (χ0) is 16.3. The molecule has 2 heteroatoms. The number of hydrogen-bond acceptors (Lipinski definition) is 1. The van der Waals surface area contributed by atoms with E-state index in [1.807, 2.05) is 0 Å². The Hall–Kier alpha value is -1.31. The van der Waals surface area contributed by atoms with E-state index in [1.165, 1.54) is 57.4 Å². The van der Waals surface area contributed by atoms with Crippen LogP contribution in [0.1, 0.15) is 84.0 Å². The number of aliphatic carboxylic acids is 1. The number of unbranched alkanes of at least 4 members (excludes halogenated alkanes) is 9. The van der Waals surface area contributed by atoms with E-state index in [-0.39, 0.29) is 0 Å². The third-order valence-electron chi connectivity index (χ3n) is 3.57. The molecule has 0 radical (unpaired) electrons. The zero-order valence-electron chi connectivity index (χ0n) is 14.3. The van der Waals surface area contributed by atoms with Crippen LogP contribution >= 0.6 is 0 Å². The highest BCUT2D eigenvalue weighted by atomic mass is 16.4. The smallest absolute Gasteiger partial charge is 0.327 e. The Balaban J connectivity index is 3.16. The van der Waals surface area contributed by atoms with Gasteiger partial charge in [0.1, 0.15) is 0 Å². The Morgan fingerprint density at radius 2 is 1.14 bits per heavy atom. The fourth-order valence-corrected chi connectivity index (χ4v) is 2.31. The Bertz CT molecular complexity index is 327. The molecule has 0 atom stereocenters. The van der Waals surface area contributed by atoms with Crippen LogP contribution in [0.3, 0.4) is 0 Å². The highest BCUT2D eigenvalue weighted by Gasteiger charge is 1.91. The molecule has 0 aliphatic carbocycles. The van der Waals surface area contributed by atoms with Crippen molar-refractivity contribution in [3.8, 4) is 0 Å². The van der Waals surface area contributed by atoms with Crippen LogP contribution in [0.2, 0.25) is 0 Å². The average Bonchev–Trinajstić information content (AvgIpc) is 2.50. The first-order valence-electron chi connectivity index (χ1n) is 8.96. The van der Waals surface area contributed by atoms with Gasteiger partial charge in [0.15, 0.2) is 0 Å². The molecule has 0 spiro atoms. The topological polar surface area (TPSA) is 37.3 Å². The summed E-state index contributed by atoms with van der Waals surface area (Å²) in [5, 5.41) is 8.43.